The van der Waals surface area contributed by atoms with Crippen molar-refractivity contribution < 1.29 is 4.79 Å². The van der Waals surface area contributed by atoms with Crippen molar-refractivity contribution in [3.05, 3.63) is 84.7 Å². The number of pyridine rings is 1. The van der Waals surface area contributed by atoms with Crippen LogP contribution in [0.3, 0.4) is 0 Å². The maximum atomic E-state index is 12.0. The highest BCUT2D eigenvalue weighted by Gasteiger charge is 2.02. The van der Waals surface area contributed by atoms with Crippen LogP contribution in [0.25, 0.3) is 0 Å². The van der Waals surface area contributed by atoms with E-state index < -0.39 is 6.03 Å². The fourth-order valence-electron chi connectivity index (χ4n) is 2.15. The fraction of sp³-hybridized carbons (Fsp3) is 0.0500. The number of benzene rings is 2. The highest BCUT2D eigenvalue weighted by atomic mass is 16.2. The van der Waals surface area contributed by atoms with Crippen LogP contribution in [-0.2, 0) is 0 Å². The van der Waals surface area contributed by atoms with Gasteiger partial charge in [-0.25, -0.2) is 10.2 Å². The average Bonchev–Trinajstić information content (AvgIpc) is 2.73. The molecule has 0 aliphatic carbocycles. The van der Waals surface area contributed by atoms with Gasteiger partial charge in [0.15, 0.2) is 0 Å². The number of carbonyl (C=O) groups excluding carboxylic acids is 1. The Labute approximate surface area is 156 Å². The zero-order valence-corrected chi connectivity index (χ0v) is 14.7. The van der Waals surface area contributed by atoms with Gasteiger partial charge >= 0.3 is 6.03 Å². The Balaban J connectivity index is 1.55. The van der Waals surface area contributed by atoms with E-state index in [1.54, 1.807) is 37.4 Å². The summed E-state index contributed by atoms with van der Waals surface area (Å²) in [6, 6.07) is 21.6. The summed E-state index contributed by atoms with van der Waals surface area (Å²) in [7, 11) is 0. The molecule has 0 aliphatic rings. The van der Waals surface area contributed by atoms with Crippen molar-refractivity contribution >= 4 is 28.8 Å². The molecule has 0 atom stereocenters. The van der Waals surface area contributed by atoms with Crippen molar-refractivity contribution in [2.45, 2.75) is 6.92 Å². The predicted octanol–water partition coefficient (Wildman–Crippen LogP) is 5.04. The number of nitrogens with zero attached hydrogens (tertiary/aromatic N) is 4. The minimum atomic E-state index is -0.441. The first-order valence-corrected chi connectivity index (χ1v) is 8.30. The molecular formula is C20H18N6O. The van der Waals surface area contributed by atoms with Crippen molar-refractivity contribution in [1.82, 2.24) is 10.4 Å². The molecule has 2 amide bonds. The second-order valence-electron chi connectivity index (χ2n) is 5.56. The van der Waals surface area contributed by atoms with Gasteiger partial charge in [0.1, 0.15) is 0 Å². The highest BCUT2D eigenvalue weighted by molar-refractivity contribution is 5.98. The molecule has 2 aromatic carbocycles. The second-order valence-corrected chi connectivity index (χ2v) is 5.56. The monoisotopic (exact) mass is 358 g/mol. The largest absolute Gasteiger partial charge is 0.339 e. The summed E-state index contributed by atoms with van der Waals surface area (Å²) in [5.41, 5.74) is 5.85. The number of hydrogen-bond acceptors (Lipinski definition) is 5. The van der Waals surface area contributed by atoms with E-state index in [1.807, 2.05) is 48.5 Å². The summed E-state index contributed by atoms with van der Waals surface area (Å²) in [4.78, 5) is 16.1. The van der Waals surface area contributed by atoms with E-state index in [2.05, 4.69) is 31.1 Å². The van der Waals surface area contributed by atoms with Gasteiger partial charge in [-0.05, 0) is 55.5 Å². The summed E-state index contributed by atoms with van der Waals surface area (Å²) in [5, 5.41) is 15.0. The molecule has 0 bridgehead atoms. The molecular weight excluding hydrogens is 340 g/mol. The standard InChI is InChI=1S/C20H18N6O/c1-15(19-9-5-6-14-21-19)23-26-20(27)22-16-10-12-18(13-11-16)25-24-17-7-3-2-4-8-17/h2-14H,1H3,(H2,22,26,27). The molecule has 1 heterocycles. The number of carbonyl (C=O) groups is 1. The van der Waals surface area contributed by atoms with Gasteiger partial charge in [-0.15, -0.1) is 0 Å². The normalized spacial score (nSPS) is 11.4. The molecule has 0 unspecified atom stereocenters. The molecule has 0 aliphatic heterocycles. The van der Waals surface area contributed by atoms with Crippen LogP contribution in [0.5, 0.6) is 0 Å². The highest BCUT2D eigenvalue weighted by Crippen LogP contribution is 2.19. The molecule has 0 saturated heterocycles. The lowest BCUT2D eigenvalue weighted by atomic mass is 10.3. The Hall–Kier alpha value is -3.87. The molecule has 0 fully saturated rings. The molecule has 0 spiro atoms. The minimum Gasteiger partial charge on any atom is -0.307 e. The number of aromatic nitrogens is 1. The van der Waals surface area contributed by atoms with Gasteiger partial charge in [-0.3, -0.25) is 4.98 Å². The SMILES string of the molecule is CC(=NNC(=O)Nc1ccc(N=Nc2ccccc2)cc1)c1ccccn1. The zero-order valence-electron chi connectivity index (χ0n) is 14.7. The van der Waals surface area contributed by atoms with Crippen molar-refractivity contribution in [2.75, 3.05) is 5.32 Å². The van der Waals surface area contributed by atoms with Crippen LogP contribution in [0, 0.1) is 0 Å². The Kier molecular flexibility index (Phi) is 5.98. The molecule has 3 rings (SSSR count). The van der Waals surface area contributed by atoms with Crippen LogP contribution in [0.15, 0.2) is 94.3 Å². The summed E-state index contributed by atoms with van der Waals surface area (Å²) >= 11 is 0. The summed E-state index contributed by atoms with van der Waals surface area (Å²) in [6.45, 7) is 1.77. The first-order chi connectivity index (χ1) is 13.2. The van der Waals surface area contributed by atoms with Gasteiger partial charge in [-0.2, -0.15) is 15.3 Å². The molecule has 1 aromatic heterocycles. The summed E-state index contributed by atoms with van der Waals surface area (Å²) in [5.74, 6) is 0. The maximum Gasteiger partial charge on any atom is 0.339 e. The average molecular weight is 358 g/mol. The van der Waals surface area contributed by atoms with Gasteiger partial charge in [0, 0.05) is 11.9 Å². The Bertz CT molecular complexity index is 937. The van der Waals surface area contributed by atoms with Gasteiger partial charge in [0.25, 0.3) is 0 Å². The Morgan fingerprint density at radius 3 is 2.19 bits per heavy atom. The molecule has 7 nitrogen and oxygen atoms in total. The van der Waals surface area contributed by atoms with Crippen molar-refractivity contribution in [3.8, 4) is 0 Å². The third-order valence-electron chi connectivity index (χ3n) is 3.52. The molecule has 0 saturated carbocycles. The van der Waals surface area contributed by atoms with Crippen LogP contribution in [0.2, 0.25) is 0 Å². The lowest BCUT2D eigenvalue weighted by molar-refractivity contribution is 0.252. The van der Waals surface area contributed by atoms with Crippen molar-refractivity contribution in [1.29, 1.82) is 0 Å². The number of amides is 2. The van der Waals surface area contributed by atoms with Crippen molar-refractivity contribution in [3.63, 3.8) is 0 Å². The van der Waals surface area contributed by atoms with Gasteiger partial charge in [0.2, 0.25) is 0 Å². The minimum absolute atomic E-state index is 0.441. The fourth-order valence-corrected chi connectivity index (χ4v) is 2.15. The number of hydrogen-bond donors (Lipinski definition) is 2. The smallest absolute Gasteiger partial charge is 0.307 e. The lowest BCUT2D eigenvalue weighted by Crippen LogP contribution is -2.25. The first-order valence-electron chi connectivity index (χ1n) is 8.30. The predicted molar refractivity (Wildman–Crippen MR) is 106 cm³/mol. The van der Waals surface area contributed by atoms with E-state index in [0.717, 1.165) is 5.69 Å². The maximum absolute atomic E-state index is 12.0. The number of rotatable bonds is 5. The zero-order chi connectivity index (χ0) is 18.9. The van der Waals surface area contributed by atoms with Crippen LogP contribution in [0.4, 0.5) is 21.9 Å². The quantitative estimate of drug-likeness (QED) is 0.380. The number of anilines is 1. The van der Waals surface area contributed by atoms with E-state index in [1.165, 1.54) is 0 Å². The van der Waals surface area contributed by atoms with Gasteiger partial charge in [-0.1, -0.05) is 24.3 Å². The van der Waals surface area contributed by atoms with Crippen LogP contribution >= 0.6 is 0 Å². The number of azo groups is 1. The molecule has 0 radical (unpaired) electrons. The van der Waals surface area contributed by atoms with Gasteiger partial charge < -0.3 is 5.32 Å². The van der Waals surface area contributed by atoms with Crippen LogP contribution < -0.4 is 10.7 Å². The van der Waals surface area contributed by atoms with Crippen molar-refractivity contribution in [2.24, 2.45) is 15.3 Å². The van der Waals surface area contributed by atoms with Gasteiger partial charge in [0.05, 0.1) is 22.8 Å². The topological polar surface area (TPSA) is 91.1 Å². The third kappa shape index (κ3) is 5.57. The molecule has 3 aromatic rings. The summed E-state index contributed by atoms with van der Waals surface area (Å²) < 4.78 is 0. The van der Waals surface area contributed by atoms with E-state index in [9.17, 15) is 4.79 Å². The number of hydrazone groups is 1. The van der Waals surface area contributed by atoms with E-state index in [4.69, 9.17) is 0 Å². The number of urea groups is 1. The van der Waals surface area contributed by atoms with E-state index in [0.29, 0.717) is 22.8 Å². The summed E-state index contributed by atoms with van der Waals surface area (Å²) in [6.07, 6.45) is 1.67. The molecule has 27 heavy (non-hydrogen) atoms. The third-order valence-corrected chi connectivity index (χ3v) is 3.52. The van der Waals surface area contributed by atoms with E-state index >= 15 is 0 Å². The van der Waals surface area contributed by atoms with Crippen LogP contribution in [0.1, 0.15) is 12.6 Å². The Morgan fingerprint density at radius 1 is 0.852 bits per heavy atom. The molecule has 134 valence electrons. The Morgan fingerprint density at radius 2 is 1.52 bits per heavy atom. The first kappa shape index (κ1) is 17.9. The lowest BCUT2D eigenvalue weighted by Gasteiger charge is -2.05. The van der Waals surface area contributed by atoms with Crippen LogP contribution in [-0.4, -0.2) is 16.7 Å². The second kappa shape index (κ2) is 9.00. The molecule has 7 heteroatoms. The molecule has 2 N–H and O–H groups in total. The number of nitrogens with one attached hydrogen (secondary N) is 2. The van der Waals surface area contributed by atoms with E-state index in [-0.39, 0.29) is 0 Å².